The Hall–Kier alpha value is 0.250. The van der Waals surface area contributed by atoms with E-state index in [1.54, 1.807) is 0 Å². The molecule has 0 spiro atoms. The molecule has 0 aromatic heterocycles. The maximum atomic E-state index is 2.51. The Morgan fingerprint density at radius 3 is 1.25 bits per heavy atom. The fourth-order valence-electron chi connectivity index (χ4n) is 3.79. The number of halogens is 1. The summed E-state index contributed by atoms with van der Waals surface area (Å²) < 4.78 is 1.33. The molecule has 0 aromatic rings. The minimum atomic E-state index is 0. The molecule has 0 atom stereocenters. The van der Waals surface area contributed by atoms with Crippen LogP contribution in [0.1, 0.15) is 64.2 Å². The van der Waals surface area contributed by atoms with E-state index in [0.29, 0.717) is 0 Å². The van der Waals surface area contributed by atoms with Gasteiger partial charge in [-0.1, -0.05) is 12.8 Å². The molecule has 0 aromatic carbocycles. The standard InChI is InChI=1S/C14H28N.ClH/c1-15(2,13-9-5-3-6-10-13)14-11-7-4-8-12-14;/h13-14H,3-12H2,1-2H3;1H/q+1;/p-1. The lowest BCUT2D eigenvalue weighted by molar-refractivity contribution is -0.941. The van der Waals surface area contributed by atoms with Gasteiger partial charge in [-0.3, -0.25) is 0 Å². The molecule has 0 aliphatic heterocycles. The van der Waals surface area contributed by atoms with E-state index < -0.39 is 0 Å². The van der Waals surface area contributed by atoms with Crippen molar-refractivity contribution in [1.29, 1.82) is 0 Å². The molecule has 0 radical (unpaired) electrons. The van der Waals surface area contributed by atoms with Crippen molar-refractivity contribution in [1.82, 2.24) is 0 Å². The SMILES string of the molecule is C[N+](C)(C1CCCCC1)C1CCCCC1.[Cl-]. The third kappa shape index (κ3) is 3.13. The van der Waals surface area contributed by atoms with Gasteiger partial charge < -0.3 is 16.9 Å². The number of hydrogen-bond acceptors (Lipinski definition) is 0. The molecule has 0 unspecified atom stereocenters. The molecule has 0 bridgehead atoms. The van der Waals surface area contributed by atoms with Gasteiger partial charge in [0.05, 0.1) is 26.2 Å². The highest BCUT2D eigenvalue weighted by Gasteiger charge is 2.37. The molecule has 0 saturated heterocycles. The van der Waals surface area contributed by atoms with Crippen LogP contribution in [0.15, 0.2) is 0 Å². The highest BCUT2D eigenvalue weighted by molar-refractivity contribution is 4.72. The van der Waals surface area contributed by atoms with Crippen molar-refractivity contribution < 1.29 is 16.9 Å². The third-order valence-corrected chi connectivity index (χ3v) is 5.03. The maximum absolute atomic E-state index is 2.51. The van der Waals surface area contributed by atoms with Crippen molar-refractivity contribution in [2.24, 2.45) is 0 Å². The minimum Gasteiger partial charge on any atom is -1.00 e. The zero-order chi connectivity index (χ0) is 10.7. The van der Waals surface area contributed by atoms with Crippen LogP contribution in [0.2, 0.25) is 0 Å². The molecule has 0 N–H and O–H groups in total. The fourth-order valence-corrected chi connectivity index (χ4v) is 3.79. The number of nitrogens with zero attached hydrogens (tertiary/aromatic N) is 1. The summed E-state index contributed by atoms with van der Waals surface area (Å²) in [4.78, 5) is 0. The summed E-state index contributed by atoms with van der Waals surface area (Å²) in [6.07, 6.45) is 14.9. The van der Waals surface area contributed by atoms with Gasteiger partial charge in [-0.2, -0.15) is 0 Å². The van der Waals surface area contributed by atoms with Crippen LogP contribution in [-0.2, 0) is 0 Å². The van der Waals surface area contributed by atoms with E-state index in [0.717, 1.165) is 12.1 Å². The van der Waals surface area contributed by atoms with E-state index in [1.807, 2.05) is 0 Å². The molecule has 1 nitrogen and oxygen atoms in total. The summed E-state index contributed by atoms with van der Waals surface area (Å²) >= 11 is 0. The molecule has 2 aliphatic carbocycles. The first-order valence-electron chi connectivity index (χ1n) is 7.04. The summed E-state index contributed by atoms with van der Waals surface area (Å²) in [6.45, 7) is 0. The van der Waals surface area contributed by atoms with Crippen molar-refractivity contribution in [3.8, 4) is 0 Å². The molecule has 2 saturated carbocycles. The molecular formula is C14H28ClN. The monoisotopic (exact) mass is 245 g/mol. The molecule has 2 heteroatoms. The van der Waals surface area contributed by atoms with E-state index in [1.165, 1.54) is 68.7 Å². The molecule has 96 valence electrons. The minimum absolute atomic E-state index is 0. The third-order valence-electron chi connectivity index (χ3n) is 5.03. The predicted molar refractivity (Wildman–Crippen MR) is 65.9 cm³/mol. The van der Waals surface area contributed by atoms with E-state index in [9.17, 15) is 0 Å². The van der Waals surface area contributed by atoms with Crippen molar-refractivity contribution in [2.75, 3.05) is 14.1 Å². The van der Waals surface area contributed by atoms with Gasteiger partial charge in [-0.05, 0) is 51.4 Å². The molecule has 2 fully saturated rings. The lowest BCUT2D eigenvalue weighted by Crippen LogP contribution is -3.00. The summed E-state index contributed by atoms with van der Waals surface area (Å²) in [5, 5.41) is 0. The Labute approximate surface area is 108 Å². The molecule has 2 rings (SSSR count). The van der Waals surface area contributed by atoms with E-state index in [-0.39, 0.29) is 12.4 Å². The van der Waals surface area contributed by atoms with Gasteiger partial charge in [0, 0.05) is 0 Å². The van der Waals surface area contributed by atoms with E-state index >= 15 is 0 Å². The van der Waals surface area contributed by atoms with Crippen molar-refractivity contribution in [2.45, 2.75) is 76.3 Å². The Morgan fingerprint density at radius 1 is 0.625 bits per heavy atom. The molecule has 0 heterocycles. The second-order valence-corrected chi connectivity index (χ2v) is 6.21. The first-order valence-corrected chi connectivity index (χ1v) is 7.04. The highest BCUT2D eigenvalue weighted by atomic mass is 35.5. The van der Waals surface area contributed by atoms with E-state index in [4.69, 9.17) is 0 Å². The van der Waals surface area contributed by atoms with Crippen molar-refractivity contribution in [3.63, 3.8) is 0 Å². The Morgan fingerprint density at radius 2 is 0.938 bits per heavy atom. The normalized spacial score (nSPS) is 25.1. The zero-order valence-electron chi connectivity index (χ0n) is 11.1. The summed E-state index contributed by atoms with van der Waals surface area (Å²) in [5.41, 5.74) is 0. The van der Waals surface area contributed by atoms with Crippen LogP contribution in [0, 0.1) is 0 Å². The molecule has 16 heavy (non-hydrogen) atoms. The maximum Gasteiger partial charge on any atom is 0.0888 e. The number of rotatable bonds is 2. The van der Waals surface area contributed by atoms with Crippen molar-refractivity contribution in [3.05, 3.63) is 0 Å². The lowest BCUT2D eigenvalue weighted by atomic mass is 9.87. The van der Waals surface area contributed by atoms with Crippen LogP contribution in [0.4, 0.5) is 0 Å². The van der Waals surface area contributed by atoms with Crippen LogP contribution in [0.25, 0.3) is 0 Å². The van der Waals surface area contributed by atoms with Gasteiger partial charge in [-0.15, -0.1) is 0 Å². The second kappa shape index (κ2) is 6.26. The van der Waals surface area contributed by atoms with Crippen LogP contribution in [-0.4, -0.2) is 30.7 Å². The van der Waals surface area contributed by atoms with Gasteiger partial charge in [0.1, 0.15) is 0 Å². The Bertz CT molecular complexity index is 171. The van der Waals surface area contributed by atoms with E-state index in [2.05, 4.69) is 14.1 Å². The largest absolute Gasteiger partial charge is 1.00 e. The van der Waals surface area contributed by atoms with Gasteiger partial charge in [0.15, 0.2) is 0 Å². The summed E-state index contributed by atoms with van der Waals surface area (Å²) in [7, 11) is 5.01. The van der Waals surface area contributed by atoms with Crippen LogP contribution in [0.3, 0.4) is 0 Å². The van der Waals surface area contributed by atoms with Gasteiger partial charge in [0.25, 0.3) is 0 Å². The van der Waals surface area contributed by atoms with Gasteiger partial charge >= 0.3 is 0 Å². The zero-order valence-corrected chi connectivity index (χ0v) is 11.8. The lowest BCUT2D eigenvalue weighted by Gasteiger charge is -2.47. The highest BCUT2D eigenvalue weighted by Crippen LogP contribution is 2.33. The summed E-state index contributed by atoms with van der Waals surface area (Å²) in [6, 6.07) is 1.95. The average Bonchev–Trinajstić information content (AvgIpc) is 2.31. The summed E-state index contributed by atoms with van der Waals surface area (Å²) in [5.74, 6) is 0. The van der Waals surface area contributed by atoms with Crippen LogP contribution in [0.5, 0.6) is 0 Å². The topological polar surface area (TPSA) is 0 Å². The fraction of sp³-hybridized carbons (Fsp3) is 1.00. The first kappa shape index (κ1) is 14.3. The molecule has 2 aliphatic rings. The van der Waals surface area contributed by atoms with Crippen LogP contribution < -0.4 is 12.4 Å². The molecular weight excluding hydrogens is 218 g/mol. The Kier molecular flexibility index (Phi) is 5.60. The van der Waals surface area contributed by atoms with Crippen molar-refractivity contribution >= 4 is 0 Å². The van der Waals surface area contributed by atoms with Gasteiger partial charge in [-0.25, -0.2) is 0 Å². The average molecular weight is 246 g/mol. The Balaban J connectivity index is 0.00000128. The number of quaternary nitrogens is 1. The predicted octanol–water partition coefficient (Wildman–Crippen LogP) is 0.732. The van der Waals surface area contributed by atoms with Crippen LogP contribution >= 0.6 is 0 Å². The quantitative estimate of drug-likeness (QED) is 0.630. The first-order chi connectivity index (χ1) is 7.21. The smallest absolute Gasteiger partial charge is 0.0888 e. The number of hydrogen-bond donors (Lipinski definition) is 0. The second-order valence-electron chi connectivity index (χ2n) is 6.21. The van der Waals surface area contributed by atoms with Gasteiger partial charge in [0.2, 0.25) is 0 Å². The molecule has 0 amide bonds.